The van der Waals surface area contributed by atoms with Crippen LogP contribution in [-0.4, -0.2) is 10.9 Å². The fourth-order valence-corrected chi connectivity index (χ4v) is 1.65. The molecular formula is C10H6F2N2OS. The average Bonchev–Trinajstić information content (AvgIpc) is 2.74. The first kappa shape index (κ1) is 10.7. The molecule has 0 spiro atoms. The van der Waals surface area contributed by atoms with Crippen LogP contribution in [0.15, 0.2) is 29.8 Å². The zero-order chi connectivity index (χ0) is 11.5. The molecule has 0 unspecified atom stereocenters. The van der Waals surface area contributed by atoms with Gasteiger partial charge in [-0.3, -0.25) is 10.1 Å². The predicted octanol–water partition coefficient (Wildman–Crippen LogP) is 2.67. The van der Waals surface area contributed by atoms with Crippen molar-refractivity contribution >= 4 is 22.4 Å². The number of nitrogens with one attached hydrogen (secondary N) is 1. The molecule has 0 aliphatic carbocycles. The Kier molecular flexibility index (Phi) is 2.91. The molecule has 1 aromatic carbocycles. The highest BCUT2D eigenvalue weighted by Gasteiger charge is 2.13. The van der Waals surface area contributed by atoms with E-state index in [-0.39, 0.29) is 5.56 Å². The smallest absolute Gasteiger partial charge is 0.260 e. The van der Waals surface area contributed by atoms with Gasteiger partial charge in [-0.05, 0) is 18.2 Å². The summed E-state index contributed by atoms with van der Waals surface area (Å²) in [5.74, 6) is -2.15. The van der Waals surface area contributed by atoms with Gasteiger partial charge in [0.05, 0.1) is 5.56 Å². The van der Waals surface area contributed by atoms with E-state index in [4.69, 9.17) is 0 Å². The minimum Gasteiger partial charge on any atom is -0.298 e. The monoisotopic (exact) mass is 240 g/mol. The Hall–Kier alpha value is -1.82. The normalized spacial score (nSPS) is 10.1. The number of carbonyl (C=O) groups is 1. The number of carbonyl (C=O) groups excluding carboxylic acids is 1. The standard InChI is InChI=1S/C10H6F2N2OS/c11-6-1-2-8(12)7(5-6)9(15)14-10-13-3-4-16-10/h1-5H,(H,13,14,15). The van der Waals surface area contributed by atoms with Crippen molar-refractivity contribution < 1.29 is 13.6 Å². The Labute approximate surface area is 93.8 Å². The van der Waals surface area contributed by atoms with Crippen molar-refractivity contribution in [2.45, 2.75) is 0 Å². The maximum Gasteiger partial charge on any atom is 0.260 e. The van der Waals surface area contributed by atoms with E-state index in [0.717, 1.165) is 18.2 Å². The van der Waals surface area contributed by atoms with Gasteiger partial charge in [0.1, 0.15) is 11.6 Å². The van der Waals surface area contributed by atoms with E-state index < -0.39 is 17.5 Å². The Bertz CT molecular complexity index is 514. The number of anilines is 1. The molecule has 0 aliphatic rings. The topological polar surface area (TPSA) is 42.0 Å². The Morgan fingerprint density at radius 1 is 1.38 bits per heavy atom. The predicted molar refractivity (Wildman–Crippen MR) is 56.4 cm³/mol. The van der Waals surface area contributed by atoms with E-state index in [2.05, 4.69) is 10.3 Å². The van der Waals surface area contributed by atoms with Crippen LogP contribution in [0.5, 0.6) is 0 Å². The van der Waals surface area contributed by atoms with E-state index in [9.17, 15) is 13.6 Å². The number of amides is 1. The van der Waals surface area contributed by atoms with Crippen LogP contribution in [0.2, 0.25) is 0 Å². The molecule has 6 heteroatoms. The molecule has 82 valence electrons. The molecule has 0 fully saturated rings. The highest BCUT2D eigenvalue weighted by atomic mass is 32.1. The summed E-state index contributed by atoms with van der Waals surface area (Å²) < 4.78 is 26.0. The van der Waals surface area contributed by atoms with Crippen LogP contribution in [-0.2, 0) is 0 Å². The number of hydrogen-bond donors (Lipinski definition) is 1. The van der Waals surface area contributed by atoms with Gasteiger partial charge in [-0.25, -0.2) is 13.8 Å². The molecule has 3 nitrogen and oxygen atoms in total. The molecule has 0 atom stereocenters. The second-order valence-corrected chi connectivity index (χ2v) is 3.81. The summed E-state index contributed by atoms with van der Waals surface area (Å²) in [5, 5.41) is 4.37. The van der Waals surface area contributed by atoms with Crippen LogP contribution < -0.4 is 5.32 Å². The first-order valence-corrected chi connectivity index (χ1v) is 5.20. The molecule has 1 aromatic heterocycles. The minimum absolute atomic E-state index is 0.338. The van der Waals surface area contributed by atoms with Crippen molar-refractivity contribution in [2.24, 2.45) is 0 Å². The molecule has 16 heavy (non-hydrogen) atoms. The Balaban J connectivity index is 2.24. The SMILES string of the molecule is O=C(Nc1nccs1)c1cc(F)ccc1F. The van der Waals surface area contributed by atoms with Crippen molar-refractivity contribution in [2.75, 3.05) is 5.32 Å². The van der Waals surface area contributed by atoms with Gasteiger partial charge in [0.25, 0.3) is 5.91 Å². The van der Waals surface area contributed by atoms with Crippen molar-refractivity contribution in [1.82, 2.24) is 4.98 Å². The van der Waals surface area contributed by atoms with Gasteiger partial charge in [0, 0.05) is 11.6 Å². The maximum atomic E-state index is 13.2. The summed E-state index contributed by atoms with van der Waals surface area (Å²) in [7, 11) is 0. The number of nitrogens with zero attached hydrogens (tertiary/aromatic N) is 1. The average molecular weight is 240 g/mol. The summed E-state index contributed by atoms with van der Waals surface area (Å²) in [6.45, 7) is 0. The lowest BCUT2D eigenvalue weighted by atomic mass is 10.2. The second kappa shape index (κ2) is 4.36. The van der Waals surface area contributed by atoms with Crippen molar-refractivity contribution in [1.29, 1.82) is 0 Å². The summed E-state index contributed by atoms with van der Waals surface area (Å²) >= 11 is 1.20. The molecule has 2 aromatic rings. The van der Waals surface area contributed by atoms with Crippen molar-refractivity contribution in [3.63, 3.8) is 0 Å². The third-order valence-electron chi connectivity index (χ3n) is 1.83. The van der Waals surface area contributed by atoms with Gasteiger partial charge in [-0.1, -0.05) is 0 Å². The van der Waals surface area contributed by atoms with E-state index in [1.54, 1.807) is 5.38 Å². The maximum absolute atomic E-state index is 13.2. The number of hydrogen-bond acceptors (Lipinski definition) is 3. The Morgan fingerprint density at radius 2 is 2.19 bits per heavy atom. The summed E-state index contributed by atoms with van der Waals surface area (Å²) in [5.41, 5.74) is -0.338. The fraction of sp³-hybridized carbons (Fsp3) is 0. The molecule has 0 saturated heterocycles. The van der Waals surface area contributed by atoms with Crippen LogP contribution in [0.4, 0.5) is 13.9 Å². The van der Waals surface area contributed by atoms with Crippen LogP contribution in [0.3, 0.4) is 0 Å². The first-order chi connectivity index (χ1) is 7.66. The zero-order valence-corrected chi connectivity index (χ0v) is 8.72. The van der Waals surface area contributed by atoms with Gasteiger partial charge in [-0.15, -0.1) is 11.3 Å². The number of aromatic nitrogens is 1. The van der Waals surface area contributed by atoms with Crippen molar-refractivity contribution in [3.8, 4) is 0 Å². The zero-order valence-electron chi connectivity index (χ0n) is 7.91. The van der Waals surface area contributed by atoms with E-state index in [1.165, 1.54) is 17.5 Å². The third kappa shape index (κ3) is 2.22. The fourth-order valence-electron chi connectivity index (χ4n) is 1.12. The molecule has 0 radical (unpaired) electrons. The lowest BCUT2D eigenvalue weighted by molar-refractivity contribution is 0.102. The quantitative estimate of drug-likeness (QED) is 0.876. The second-order valence-electron chi connectivity index (χ2n) is 2.92. The van der Waals surface area contributed by atoms with E-state index in [1.807, 2.05) is 0 Å². The minimum atomic E-state index is -0.768. The largest absolute Gasteiger partial charge is 0.298 e. The van der Waals surface area contributed by atoms with Crippen LogP contribution >= 0.6 is 11.3 Å². The third-order valence-corrected chi connectivity index (χ3v) is 2.51. The van der Waals surface area contributed by atoms with E-state index >= 15 is 0 Å². The lowest BCUT2D eigenvalue weighted by Gasteiger charge is -2.02. The number of halogens is 2. The molecule has 1 amide bonds. The van der Waals surface area contributed by atoms with Gasteiger partial charge >= 0.3 is 0 Å². The number of benzene rings is 1. The number of thiazole rings is 1. The van der Waals surface area contributed by atoms with Gasteiger partial charge < -0.3 is 0 Å². The van der Waals surface area contributed by atoms with Gasteiger partial charge in [0.2, 0.25) is 0 Å². The summed E-state index contributed by atoms with van der Waals surface area (Å²) in [4.78, 5) is 15.3. The van der Waals surface area contributed by atoms with Crippen molar-refractivity contribution in [3.05, 3.63) is 47.0 Å². The summed E-state index contributed by atoms with van der Waals surface area (Å²) in [6, 6.07) is 2.71. The van der Waals surface area contributed by atoms with Gasteiger partial charge in [0.15, 0.2) is 5.13 Å². The molecule has 2 rings (SSSR count). The number of rotatable bonds is 2. The molecule has 0 bridgehead atoms. The van der Waals surface area contributed by atoms with Crippen LogP contribution in [0.1, 0.15) is 10.4 Å². The summed E-state index contributed by atoms with van der Waals surface area (Å²) in [6.07, 6.45) is 1.50. The molecular weight excluding hydrogens is 234 g/mol. The van der Waals surface area contributed by atoms with Gasteiger partial charge in [-0.2, -0.15) is 0 Å². The highest BCUT2D eigenvalue weighted by molar-refractivity contribution is 7.13. The first-order valence-electron chi connectivity index (χ1n) is 4.33. The molecule has 0 saturated carbocycles. The van der Waals surface area contributed by atoms with Crippen LogP contribution in [0.25, 0.3) is 0 Å². The molecule has 0 aliphatic heterocycles. The Morgan fingerprint density at radius 3 is 2.88 bits per heavy atom. The molecule has 1 heterocycles. The highest BCUT2D eigenvalue weighted by Crippen LogP contribution is 2.15. The molecule has 1 N–H and O–H groups in total. The van der Waals surface area contributed by atoms with Crippen LogP contribution in [0, 0.1) is 11.6 Å². The van der Waals surface area contributed by atoms with E-state index in [0.29, 0.717) is 5.13 Å². The lowest BCUT2D eigenvalue weighted by Crippen LogP contribution is -2.13.